The number of guanidine groups is 1. The number of urea groups is 1. The van der Waals surface area contributed by atoms with Crippen LogP contribution in [0.5, 0.6) is 0 Å². The quantitative estimate of drug-likeness (QED) is 0.343. The molecule has 6 nitrogen and oxygen atoms in total. The summed E-state index contributed by atoms with van der Waals surface area (Å²) in [6, 6.07) is 7.82. The van der Waals surface area contributed by atoms with Crippen molar-refractivity contribution in [2.45, 2.75) is 46.7 Å². The molecule has 0 radical (unpaired) electrons. The van der Waals surface area contributed by atoms with Gasteiger partial charge in [-0.05, 0) is 49.8 Å². The van der Waals surface area contributed by atoms with Gasteiger partial charge in [-0.2, -0.15) is 0 Å². The van der Waals surface area contributed by atoms with Gasteiger partial charge in [-0.1, -0.05) is 26.0 Å². The number of amides is 2. The topological polar surface area (TPSA) is 68.8 Å². The largest absolute Gasteiger partial charge is 0.352 e. The predicted molar refractivity (Wildman–Crippen MR) is 124 cm³/mol. The van der Waals surface area contributed by atoms with E-state index in [1.807, 2.05) is 45.2 Å². The Labute approximate surface area is 180 Å². The molecule has 27 heavy (non-hydrogen) atoms. The molecule has 1 heterocycles. The summed E-state index contributed by atoms with van der Waals surface area (Å²) in [5.74, 6) is 2.35. The van der Waals surface area contributed by atoms with Gasteiger partial charge in [-0.15, -0.1) is 24.0 Å². The average Bonchev–Trinajstić information content (AvgIpc) is 2.55. The van der Waals surface area contributed by atoms with Gasteiger partial charge in [0.2, 0.25) is 0 Å². The molecule has 1 aromatic rings. The van der Waals surface area contributed by atoms with E-state index in [2.05, 4.69) is 39.7 Å². The monoisotopic (exact) mass is 487 g/mol. The lowest BCUT2D eigenvalue weighted by Crippen LogP contribution is -2.48. The van der Waals surface area contributed by atoms with Crippen molar-refractivity contribution in [3.8, 4) is 0 Å². The molecular weight excluding hydrogens is 453 g/mol. The summed E-state index contributed by atoms with van der Waals surface area (Å²) in [6.07, 6.45) is 1.28. The highest BCUT2D eigenvalue weighted by Crippen LogP contribution is 2.21. The molecule has 2 unspecified atom stereocenters. The maximum atomic E-state index is 11.7. The summed E-state index contributed by atoms with van der Waals surface area (Å²) in [5.41, 5.74) is 1.94. The zero-order valence-corrected chi connectivity index (χ0v) is 19.4. The van der Waals surface area contributed by atoms with Crippen LogP contribution in [0, 0.1) is 11.8 Å². The molecule has 3 N–H and O–H groups in total. The summed E-state index contributed by atoms with van der Waals surface area (Å²) >= 11 is 0. The SMILES string of the molecule is CN=C(NCc1ccc(NC(=O)NC(C)C)cc1)N1CC(C)CC(C)C1.I. The highest BCUT2D eigenvalue weighted by Gasteiger charge is 2.23. The smallest absolute Gasteiger partial charge is 0.319 e. The van der Waals surface area contributed by atoms with Crippen LogP contribution < -0.4 is 16.0 Å². The predicted octanol–water partition coefficient (Wildman–Crippen LogP) is 3.89. The second-order valence-corrected chi connectivity index (χ2v) is 7.70. The van der Waals surface area contributed by atoms with E-state index in [0.29, 0.717) is 18.4 Å². The maximum absolute atomic E-state index is 11.7. The van der Waals surface area contributed by atoms with Gasteiger partial charge in [-0.3, -0.25) is 4.99 Å². The first-order valence-corrected chi connectivity index (χ1v) is 9.49. The molecule has 0 spiro atoms. The Morgan fingerprint density at radius 3 is 2.30 bits per heavy atom. The third kappa shape index (κ3) is 7.94. The fourth-order valence-corrected chi connectivity index (χ4v) is 3.48. The van der Waals surface area contributed by atoms with Gasteiger partial charge in [0.1, 0.15) is 0 Å². The first kappa shape index (κ1) is 23.5. The van der Waals surface area contributed by atoms with Gasteiger partial charge < -0.3 is 20.9 Å². The fraction of sp³-hybridized carbons (Fsp3) is 0.600. The van der Waals surface area contributed by atoms with Crippen molar-refractivity contribution in [2.75, 3.05) is 25.5 Å². The van der Waals surface area contributed by atoms with E-state index < -0.39 is 0 Å². The molecule has 7 heteroatoms. The van der Waals surface area contributed by atoms with E-state index >= 15 is 0 Å². The summed E-state index contributed by atoms with van der Waals surface area (Å²) in [5, 5.41) is 9.11. The van der Waals surface area contributed by atoms with Crippen molar-refractivity contribution < 1.29 is 4.79 Å². The molecule has 1 aromatic carbocycles. The number of halogens is 1. The number of hydrogen-bond donors (Lipinski definition) is 3. The Morgan fingerprint density at radius 2 is 1.78 bits per heavy atom. The minimum Gasteiger partial charge on any atom is -0.352 e. The molecule has 0 bridgehead atoms. The van der Waals surface area contributed by atoms with Crippen LogP contribution in [-0.2, 0) is 6.54 Å². The third-order valence-corrected chi connectivity index (χ3v) is 4.46. The van der Waals surface area contributed by atoms with Crippen LogP contribution in [0.1, 0.15) is 39.7 Å². The van der Waals surface area contributed by atoms with Gasteiger partial charge in [0.05, 0.1) is 0 Å². The Bertz CT molecular complexity index is 607. The van der Waals surface area contributed by atoms with E-state index in [0.717, 1.165) is 30.3 Å². The van der Waals surface area contributed by atoms with Gasteiger partial charge >= 0.3 is 6.03 Å². The second-order valence-electron chi connectivity index (χ2n) is 7.70. The highest BCUT2D eigenvalue weighted by molar-refractivity contribution is 14.0. The zero-order chi connectivity index (χ0) is 19.1. The van der Waals surface area contributed by atoms with E-state index in [-0.39, 0.29) is 36.0 Å². The minimum atomic E-state index is -0.181. The van der Waals surface area contributed by atoms with Crippen molar-refractivity contribution in [1.29, 1.82) is 0 Å². The number of piperidine rings is 1. The van der Waals surface area contributed by atoms with Crippen LogP contribution >= 0.6 is 24.0 Å². The molecule has 1 aliphatic heterocycles. The Kier molecular flexibility index (Phi) is 9.90. The van der Waals surface area contributed by atoms with Gasteiger partial charge in [-0.25, -0.2) is 4.79 Å². The van der Waals surface area contributed by atoms with Crippen LogP contribution in [0.2, 0.25) is 0 Å². The Balaban J connectivity index is 0.00000364. The summed E-state index contributed by atoms with van der Waals surface area (Å²) in [6.45, 7) is 11.3. The second kappa shape index (κ2) is 11.4. The number of benzene rings is 1. The number of likely N-dealkylation sites (tertiary alicyclic amines) is 1. The van der Waals surface area contributed by atoms with E-state index in [1.54, 1.807) is 0 Å². The van der Waals surface area contributed by atoms with Crippen molar-refractivity contribution in [3.05, 3.63) is 29.8 Å². The van der Waals surface area contributed by atoms with Crippen LogP contribution in [0.4, 0.5) is 10.5 Å². The molecule has 1 saturated heterocycles. The lowest BCUT2D eigenvalue weighted by Gasteiger charge is -2.37. The molecule has 2 rings (SSSR count). The molecule has 2 amide bonds. The molecular formula is C20H34IN5O. The fourth-order valence-electron chi connectivity index (χ4n) is 3.48. The lowest BCUT2D eigenvalue weighted by atomic mass is 9.92. The normalized spacial score (nSPS) is 20.1. The van der Waals surface area contributed by atoms with Crippen molar-refractivity contribution >= 4 is 41.7 Å². The van der Waals surface area contributed by atoms with Crippen molar-refractivity contribution in [1.82, 2.24) is 15.5 Å². The van der Waals surface area contributed by atoms with Crippen LogP contribution in [0.3, 0.4) is 0 Å². The highest BCUT2D eigenvalue weighted by atomic mass is 127. The average molecular weight is 487 g/mol. The number of nitrogens with zero attached hydrogens (tertiary/aromatic N) is 2. The maximum Gasteiger partial charge on any atom is 0.319 e. The number of carbonyl (C=O) groups is 1. The third-order valence-electron chi connectivity index (χ3n) is 4.46. The number of hydrogen-bond acceptors (Lipinski definition) is 2. The van der Waals surface area contributed by atoms with Gasteiger partial charge in [0.25, 0.3) is 0 Å². The zero-order valence-electron chi connectivity index (χ0n) is 17.1. The first-order valence-electron chi connectivity index (χ1n) is 9.49. The number of rotatable bonds is 4. The standard InChI is InChI=1S/C20H33N5O.HI/c1-14(2)23-20(26)24-18-8-6-17(7-9-18)11-22-19(21-5)25-12-15(3)10-16(4)13-25;/h6-9,14-16H,10-13H2,1-5H3,(H,21,22)(H2,23,24,26);1H. The van der Waals surface area contributed by atoms with Gasteiger partial charge in [0, 0.05) is 38.4 Å². The van der Waals surface area contributed by atoms with Crippen LogP contribution in [0.25, 0.3) is 0 Å². The molecule has 0 aliphatic carbocycles. The molecule has 1 aliphatic rings. The number of aliphatic imine (C=N–C) groups is 1. The van der Waals surface area contributed by atoms with Crippen LogP contribution in [0.15, 0.2) is 29.3 Å². The summed E-state index contributed by atoms with van der Waals surface area (Å²) in [4.78, 5) is 18.5. The molecule has 0 saturated carbocycles. The van der Waals surface area contributed by atoms with Crippen molar-refractivity contribution in [3.63, 3.8) is 0 Å². The number of nitrogens with one attached hydrogen (secondary N) is 3. The molecule has 2 atom stereocenters. The number of anilines is 1. The van der Waals surface area contributed by atoms with E-state index in [9.17, 15) is 4.79 Å². The molecule has 1 fully saturated rings. The van der Waals surface area contributed by atoms with E-state index in [1.165, 1.54) is 6.42 Å². The van der Waals surface area contributed by atoms with Crippen LogP contribution in [-0.4, -0.2) is 43.1 Å². The minimum absolute atomic E-state index is 0. The Hall–Kier alpha value is -1.51. The Morgan fingerprint density at radius 1 is 1.19 bits per heavy atom. The molecule has 152 valence electrons. The van der Waals surface area contributed by atoms with Crippen molar-refractivity contribution in [2.24, 2.45) is 16.8 Å². The lowest BCUT2D eigenvalue weighted by molar-refractivity contribution is 0.208. The molecule has 0 aromatic heterocycles. The van der Waals surface area contributed by atoms with E-state index in [4.69, 9.17) is 0 Å². The summed E-state index contributed by atoms with van der Waals surface area (Å²) in [7, 11) is 1.84. The van der Waals surface area contributed by atoms with Gasteiger partial charge in [0.15, 0.2) is 5.96 Å². The summed E-state index contributed by atoms with van der Waals surface area (Å²) < 4.78 is 0. The number of carbonyl (C=O) groups excluding carboxylic acids is 1. The first-order chi connectivity index (χ1) is 12.4.